The van der Waals surface area contributed by atoms with E-state index in [0.717, 1.165) is 0 Å². The summed E-state index contributed by atoms with van der Waals surface area (Å²) in [4.78, 5) is 37.4. The summed E-state index contributed by atoms with van der Waals surface area (Å²) in [6.07, 6.45) is -0.965. The maximum absolute atomic E-state index is 13.0. The lowest BCUT2D eigenvalue weighted by molar-refractivity contribution is -0.124. The molecule has 0 aliphatic carbocycles. The molecule has 0 aliphatic rings. The first-order valence-electron chi connectivity index (χ1n) is 9.33. The Kier molecular flexibility index (Phi) is 6.36. The predicted octanol–water partition coefficient (Wildman–Crippen LogP) is 3.25. The highest BCUT2D eigenvalue weighted by Gasteiger charge is 2.25. The van der Waals surface area contributed by atoms with Crippen molar-refractivity contribution in [1.29, 1.82) is 0 Å². The molecule has 8 heteroatoms. The van der Waals surface area contributed by atoms with E-state index in [4.69, 9.17) is 4.74 Å². The number of carbonyl (C=O) groups excluding carboxylic acids is 2. The fraction of sp³-hybridized carbons (Fsp3) is 0.182. The zero-order valence-electron chi connectivity index (χ0n) is 16.5. The highest BCUT2D eigenvalue weighted by atomic mass is 19.1. The van der Waals surface area contributed by atoms with Crippen LogP contribution in [0.2, 0.25) is 0 Å². The Morgan fingerprint density at radius 2 is 1.80 bits per heavy atom. The fourth-order valence-electron chi connectivity index (χ4n) is 2.78. The van der Waals surface area contributed by atoms with Crippen LogP contribution in [0.25, 0.3) is 5.69 Å². The molecule has 3 aromatic rings. The van der Waals surface area contributed by atoms with E-state index >= 15 is 0 Å². The van der Waals surface area contributed by atoms with Crippen LogP contribution >= 0.6 is 0 Å². The number of esters is 1. The summed E-state index contributed by atoms with van der Waals surface area (Å²) in [6.45, 7) is 3.36. The van der Waals surface area contributed by atoms with Crippen molar-refractivity contribution in [2.75, 3.05) is 5.32 Å². The van der Waals surface area contributed by atoms with Gasteiger partial charge in [0.1, 0.15) is 5.82 Å². The van der Waals surface area contributed by atoms with E-state index in [-0.39, 0.29) is 6.42 Å². The van der Waals surface area contributed by atoms with Gasteiger partial charge in [-0.25, -0.2) is 13.9 Å². The SMILES string of the molecule is CC[C@@H](OC(=O)c1nn(-c2ccccc2)c(C)cc1=O)C(=O)Nc1ccc(F)cc1. The first kappa shape index (κ1) is 20.9. The van der Waals surface area contributed by atoms with Crippen LogP contribution in [0.1, 0.15) is 29.5 Å². The molecule has 0 saturated carbocycles. The lowest BCUT2D eigenvalue weighted by atomic mass is 10.2. The zero-order chi connectivity index (χ0) is 21.7. The van der Waals surface area contributed by atoms with Crippen molar-refractivity contribution in [2.45, 2.75) is 26.4 Å². The quantitative estimate of drug-likeness (QED) is 0.631. The molecule has 1 atom stereocenters. The zero-order valence-corrected chi connectivity index (χ0v) is 16.5. The first-order valence-corrected chi connectivity index (χ1v) is 9.33. The van der Waals surface area contributed by atoms with Gasteiger partial charge in [0.05, 0.1) is 5.69 Å². The normalized spacial score (nSPS) is 11.6. The molecular weight excluding hydrogens is 389 g/mol. The van der Waals surface area contributed by atoms with Crippen molar-refractivity contribution in [3.8, 4) is 5.69 Å². The smallest absolute Gasteiger partial charge is 0.363 e. The third-order valence-corrected chi connectivity index (χ3v) is 4.33. The Bertz CT molecular complexity index is 1110. The number of aromatic nitrogens is 2. The van der Waals surface area contributed by atoms with Crippen molar-refractivity contribution < 1.29 is 18.7 Å². The molecule has 0 unspecified atom stereocenters. The fourth-order valence-corrected chi connectivity index (χ4v) is 2.78. The lowest BCUT2D eigenvalue weighted by Crippen LogP contribution is -2.34. The van der Waals surface area contributed by atoms with Crippen LogP contribution in [0.5, 0.6) is 0 Å². The Morgan fingerprint density at radius 1 is 1.13 bits per heavy atom. The molecule has 2 aromatic carbocycles. The molecule has 1 amide bonds. The number of benzene rings is 2. The number of carbonyl (C=O) groups is 2. The summed E-state index contributed by atoms with van der Waals surface area (Å²) in [5.74, 6) is -2.02. The molecule has 3 rings (SSSR count). The molecule has 0 saturated heterocycles. The standard InChI is InChI=1S/C22H20FN3O4/c1-3-19(21(28)24-16-11-9-15(23)10-12-16)30-22(29)20-18(27)13-14(2)26(25-20)17-7-5-4-6-8-17/h4-13,19H,3H2,1-2H3,(H,24,28)/t19-/m1/s1. The van der Waals surface area contributed by atoms with Gasteiger partial charge in [-0.1, -0.05) is 25.1 Å². The number of amides is 1. The topological polar surface area (TPSA) is 90.3 Å². The maximum atomic E-state index is 13.0. The number of ether oxygens (including phenoxy) is 1. The van der Waals surface area contributed by atoms with Gasteiger partial charge in [0.15, 0.2) is 6.10 Å². The van der Waals surface area contributed by atoms with Crippen molar-refractivity contribution in [1.82, 2.24) is 9.78 Å². The summed E-state index contributed by atoms with van der Waals surface area (Å²) in [6, 6.07) is 15.5. The third-order valence-electron chi connectivity index (χ3n) is 4.33. The lowest BCUT2D eigenvalue weighted by Gasteiger charge is -2.16. The van der Waals surface area contributed by atoms with Crippen LogP contribution in [0.4, 0.5) is 10.1 Å². The van der Waals surface area contributed by atoms with Gasteiger partial charge in [0, 0.05) is 17.4 Å². The molecule has 1 heterocycles. The van der Waals surface area contributed by atoms with Gasteiger partial charge in [0.25, 0.3) is 5.91 Å². The minimum Gasteiger partial charge on any atom is -0.447 e. The Morgan fingerprint density at radius 3 is 2.43 bits per heavy atom. The minimum absolute atomic E-state index is 0.178. The largest absolute Gasteiger partial charge is 0.447 e. The van der Waals surface area contributed by atoms with Crippen molar-refractivity contribution in [3.63, 3.8) is 0 Å². The molecule has 154 valence electrons. The highest BCUT2D eigenvalue weighted by Crippen LogP contribution is 2.12. The predicted molar refractivity (Wildman–Crippen MR) is 109 cm³/mol. The minimum atomic E-state index is -1.14. The highest BCUT2D eigenvalue weighted by molar-refractivity contribution is 5.97. The molecule has 7 nitrogen and oxygen atoms in total. The van der Waals surface area contributed by atoms with Crippen LogP contribution in [0, 0.1) is 12.7 Å². The Hall–Kier alpha value is -3.81. The van der Waals surface area contributed by atoms with Gasteiger partial charge >= 0.3 is 5.97 Å². The molecular formula is C22H20FN3O4. The monoisotopic (exact) mass is 409 g/mol. The number of hydrogen-bond acceptors (Lipinski definition) is 5. The summed E-state index contributed by atoms with van der Waals surface area (Å²) in [7, 11) is 0. The number of anilines is 1. The second-order valence-electron chi connectivity index (χ2n) is 6.54. The van der Waals surface area contributed by atoms with Crippen LogP contribution in [-0.4, -0.2) is 27.8 Å². The van der Waals surface area contributed by atoms with E-state index in [0.29, 0.717) is 17.1 Å². The summed E-state index contributed by atoms with van der Waals surface area (Å²) >= 11 is 0. The van der Waals surface area contributed by atoms with Crippen LogP contribution in [0.3, 0.4) is 0 Å². The van der Waals surface area contributed by atoms with Gasteiger partial charge < -0.3 is 10.1 Å². The molecule has 0 spiro atoms. The average molecular weight is 409 g/mol. The van der Waals surface area contributed by atoms with Gasteiger partial charge in [-0.2, -0.15) is 5.10 Å². The average Bonchev–Trinajstić information content (AvgIpc) is 2.74. The van der Waals surface area contributed by atoms with Gasteiger partial charge in [0.2, 0.25) is 11.1 Å². The number of hydrogen-bond donors (Lipinski definition) is 1. The molecule has 0 fully saturated rings. The number of nitrogens with zero attached hydrogens (tertiary/aromatic N) is 2. The van der Waals surface area contributed by atoms with Crippen molar-refractivity contribution >= 4 is 17.6 Å². The van der Waals surface area contributed by atoms with Crippen LogP contribution in [-0.2, 0) is 9.53 Å². The van der Waals surface area contributed by atoms with E-state index in [9.17, 15) is 18.8 Å². The Labute approximate surface area is 172 Å². The molecule has 0 bridgehead atoms. The molecule has 1 aromatic heterocycles. The Balaban J connectivity index is 1.80. The van der Waals surface area contributed by atoms with Gasteiger partial charge in [-0.3, -0.25) is 9.59 Å². The van der Waals surface area contributed by atoms with E-state index < -0.39 is 34.9 Å². The first-order chi connectivity index (χ1) is 14.4. The summed E-state index contributed by atoms with van der Waals surface area (Å²) < 4.78 is 19.7. The van der Waals surface area contributed by atoms with Gasteiger partial charge in [-0.05, 0) is 49.7 Å². The number of para-hydroxylation sites is 1. The number of rotatable bonds is 6. The second-order valence-corrected chi connectivity index (χ2v) is 6.54. The van der Waals surface area contributed by atoms with Crippen LogP contribution in [0.15, 0.2) is 65.5 Å². The van der Waals surface area contributed by atoms with Gasteiger partial charge in [-0.15, -0.1) is 0 Å². The van der Waals surface area contributed by atoms with Crippen molar-refractivity contribution in [3.05, 3.63) is 88.1 Å². The molecule has 0 aliphatic heterocycles. The number of nitrogens with one attached hydrogen (secondary N) is 1. The number of aryl methyl sites for hydroxylation is 1. The van der Waals surface area contributed by atoms with Crippen molar-refractivity contribution in [2.24, 2.45) is 0 Å². The maximum Gasteiger partial charge on any atom is 0.363 e. The van der Waals surface area contributed by atoms with Crippen LogP contribution < -0.4 is 10.7 Å². The summed E-state index contributed by atoms with van der Waals surface area (Å²) in [5.41, 5.74) is 0.556. The molecule has 0 radical (unpaired) electrons. The van der Waals surface area contributed by atoms with E-state index in [2.05, 4.69) is 10.4 Å². The summed E-state index contributed by atoms with van der Waals surface area (Å²) in [5, 5.41) is 6.69. The molecule has 30 heavy (non-hydrogen) atoms. The van der Waals surface area contributed by atoms with E-state index in [1.807, 2.05) is 6.07 Å². The molecule has 1 N–H and O–H groups in total. The third kappa shape index (κ3) is 4.78. The second kappa shape index (κ2) is 9.13. The number of halogens is 1. The van der Waals surface area contributed by atoms with E-state index in [1.54, 1.807) is 38.1 Å². The van der Waals surface area contributed by atoms with E-state index in [1.165, 1.54) is 35.0 Å².